The van der Waals surface area contributed by atoms with E-state index < -0.39 is 0 Å². The number of benzene rings is 1. The molecule has 1 aromatic carbocycles. The Bertz CT molecular complexity index is 791. The zero-order valence-corrected chi connectivity index (χ0v) is 11.7. The summed E-state index contributed by atoms with van der Waals surface area (Å²) in [4.78, 5) is 26.6. The van der Waals surface area contributed by atoms with E-state index in [1.54, 1.807) is 18.3 Å². The van der Waals surface area contributed by atoms with Crippen molar-refractivity contribution in [2.45, 2.75) is 0 Å². The molecule has 4 N–H and O–H groups in total. The quantitative estimate of drug-likeness (QED) is 0.529. The van der Waals surface area contributed by atoms with Gasteiger partial charge in [0.1, 0.15) is 5.69 Å². The Morgan fingerprint density at radius 3 is 2.55 bits per heavy atom. The van der Waals surface area contributed by atoms with Crippen molar-refractivity contribution >= 4 is 22.7 Å². The lowest BCUT2D eigenvalue weighted by Crippen LogP contribution is -2.35. The van der Waals surface area contributed by atoms with Crippen molar-refractivity contribution in [3.63, 3.8) is 0 Å². The van der Waals surface area contributed by atoms with E-state index in [2.05, 4.69) is 25.8 Å². The minimum Gasteiger partial charge on any atom is -0.357 e. The van der Waals surface area contributed by atoms with E-state index in [0.29, 0.717) is 24.5 Å². The third-order valence-corrected chi connectivity index (χ3v) is 3.22. The number of fused-ring (bicyclic) bond motifs is 1. The Kier molecular flexibility index (Phi) is 3.86. The van der Waals surface area contributed by atoms with Crippen LogP contribution in [0, 0.1) is 0 Å². The first-order chi connectivity index (χ1) is 10.8. The summed E-state index contributed by atoms with van der Waals surface area (Å²) in [5, 5.41) is 13.0. The van der Waals surface area contributed by atoms with E-state index in [1.807, 2.05) is 24.3 Å². The monoisotopic (exact) mass is 297 g/mol. The van der Waals surface area contributed by atoms with Gasteiger partial charge in [0.05, 0.1) is 5.52 Å². The standard InChI is InChI=1S/C15H15N5O2/c21-14(12-6-3-7-16-12)17-8-9-18-15(22)13-10-4-1-2-5-11(10)19-20-13/h1-7,16H,8-9H2,(H,17,21)(H,18,22)(H,19,20). The summed E-state index contributed by atoms with van der Waals surface area (Å²) in [6.45, 7) is 0.665. The van der Waals surface area contributed by atoms with Crippen LogP contribution < -0.4 is 10.6 Å². The fourth-order valence-electron chi connectivity index (χ4n) is 2.14. The number of hydrogen-bond donors (Lipinski definition) is 4. The summed E-state index contributed by atoms with van der Waals surface area (Å²) in [5.41, 5.74) is 1.66. The van der Waals surface area contributed by atoms with Gasteiger partial charge in [-0.3, -0.25) is 14.7 Å². The highest BCUT2D eigenvalue weighted by molar-refractivity contribution is 6.04. The minimum absolute atomic E-state index is 0.204. The van der Waals surface area contributed by atoms with Gasteiger partial charge < -0.3 is 15.6 Å². The van der Waals surface area contributed by atoms with Crippen LogP contribution in [0.1, 0.15) is 21.0 Å². The predicted octanol–water partition coefficient (Wildman–Crippen LogP) is 1.05. The molecule has 7 heteroatoms. The van der Waals surface area contributed by atoms with Crippen molar-refractivity contribution in [3.05, 3.63) is 54.0 Å². The minimum atomic E-state index is -0.272. The molecule has 0 aliphatic heterocycles. The number of para-hydroxylation sites is 1. The number of aromatic nitrogens is 3. The number of nitrogens with zero attached hydrogens (tertiary/aromatic N) is 1. The molecule has 0 unspecified atom stereocenters. The Morgan fingerprint density at radius 2 is 1.77 bits per heavy atom. The summed E-state index contributed by atoms with van der Waals surface area (Å²) in [5.74, 6) is -0.476. The maximum Gasteiger partial charge on any atom is 0.272 e. The van der Waals surface area contributed by atoms with Crippen molar-refractivity contribution in [3.8, 4) is 0 Å². The van der Waals surface area contributed by atoms with Gasteiger partial charge >= 0.3 is 0 Å². The molecule has 7 nitrogen and oxygen atoms in total. The SMILES string of the molecule is O=C(NCCNC(=O)c1n[nH]c2ccccc12)c1ccc[nH]1. The average Bonchev–Trinajstić information content (AvgIpc) is 3.20. The number of aromatic amines is 2. The molecule has 0 aliphatic rings. The smallest absolute Gasteiger partial charge is 0.272 e. The van der Waals surface area contributed by atoms with E-state index in [4.69, 9.17) is 0 Å². The van der Waals surface area contributed by atoms with Gasteiger partial charge in [0.2, 0.25) is 0 Å². The molecule has 0 spiro atoms. The second-order valence-electron chi connectivity index (χ2n) is 4.71. The molecule has 0 atom stereocenters. The van der Waals surface area contributed by atoms with Crippen molar-refractivity contribution in [2.75, 3.05) is 13.1 Å². The van der Waals surface area contributed by atoms with Crippen LogP contribution in [0.2, 0.25) is 0 Å². The van der Waals surface area contributed by atoms with Crippen molar-refractivity contribution in [1.82, 2.24) is 25.8 Å². The molecule has 2 aromatic heterocycles. The molecule has 3 rings (SSSR count). The highest BCUT2D eigenvalue weighted by atomic mass is 16.2. The molecule has 0 fully saturated rings. The molecule has 0 bridgehead atoms. The van der Waals surface area contributed by atoms with Crippen LogP contribution in [-0.2, 0) is 0 Å². The summed E-state index contributed by atoms with van der Waals surface area (Å²) < 4.78 is 0. The molecule has 0 saturated heterocycles. The zero-order chi connectivity index (χ0) is 15.4. The van der Waals surface area contributed by atoms with Crippen LogP contribution in [0.25, 0.3) is 10.9 Å². The fourth-order valence-corrected chi connectivity index (χ4v) is 2.14. The molecule has 2 amide bonds. The van der Waals surface area contributed by atoms with E-state index in [0.717, 1.165) is 10.9 Å². The predicted molar refractivity (Wildman–Crippen MR) is 81.6 cm³/mol. The molecule has 2 heterocycles. The molecular formula is C15H15N5O2. The topological polar surface area (TPSA) is 103 Å². The second kappa shape index (κ2) is 6.13. The van der Waals surface area contributed by atoms with Crippen molar-refractivity contribution in [1.29, 1.82) is 0 Å². The Morgan fingerprint density at radius 1 is 1.00 bits per heavy atom. The molecule has 0 saturated carbocycles. The Hall–Kier alpha value is -3.09. The first-order valence-corrected chi connectivity index (χ1v) is 6.88. The number of carbonyl (C=O) groups excluding carboxylic acids is 2. The number of amides is 2. The van der Waals surface area contributed by atoms with Gasteiger partial charge in [0.25, 0.3) is 11.8 Å². The second-order valence-corrected chi connectivity index (χ2v) is 4.71. The van der Waals surface area contributed by atoms with Gasteiger partial charge in [0, 0.05) is 24.7 Å². The first kappa shape index (κ1) is 13.9. The zero-order valence-electron chi connectivity index (χ0n) is 11.7. The maximum atomic E-state index is 12.1. The highest BCUT2D eigenvalue weighted by Gasteiger charge is 2.13. The largest absolute Gasteiger partial charge is 0.357 e. The van der Waals surface area contributed by atoms with Crippen LogP contribution in [0.3, 0.4) is 0 Å². The summed E-state index contributed by atoms with van der Waals surface area (Å²) in [7, 11) is 0. The van der Waals surface area contributed by atoms with E-state index in [-0.39, 0.29) is 11.8 Å². The summed E-state index contributed by atoms with van der Waals surface area (Å²) in [6, 6.07) is 10.9. The first-order valence-electron chi connectivity index (χ1n) is 6.88. The summed E-state index contributed by atoms with van der Waals surface area (Å²) in [6.07, 6.45) is 1.68. The third kappa shape index (κ3) is 2.83. The molecule has 112 valence electrons. The number of hydrogen-bond acceptors (Lipinski definition) is 3. The van der Waals surface area contributed by atoms with Gasteiger partial charge in [-0.15, -0.1) is 0 Å². The number of H-pyrrole nitrogens is 2. The fraction of sp³-hybridized carbons (Fsp3) is 0.133. The van der Waals surface area contributed by atoms with Crippen LogP contribution in [0.4, 0.5) is 0 Å². The Balaban J connectivity index is 1.51. The maximum absolute atomic E-state index is 12.1. The Labute approximate surface area is 126 Å². The van der Waals surface area contributed by atoms with E-state index in [9.17, 15) is 9.59 Å². The van der Waals surface area contributed by atoms with Crippen LogP contribution >= 0.6 is 0 Å². The molecule has 3 aromatic rings. The normalized spacial score (nSPS) is 10.5. The summed E-state index contributed by atoms with van der Waals surface area (Å²) >= 11 is 0. The number of nitrogens with one attached hydrogen (secondary N) is 4. The van der Waals surface area contributed by atoms with Crippen molar-refractivity contribution in [2.24, 2.45) is 0 Å². The average molecular weight is 297 g/mol. The van der Waals surface area contributed by atoms with Gasteiger partial charge in [-0.05, 0) is 18.2 Å². The molecule has 0 radical (unpaired) electrons. The van der Waals surface area contributed by atoms with Gasteiger partial charge in [-0.2, -0.15) is 5.10 Å². The third-order valence-electron chi connectivity index (χ3n) is 3.22. The lowest BCUT2D eigenvalue weighted by atomic mass is 10.2. The molecular weight excluding hydrogens is 282 g/mol. The van der Waals surface area contributed by atoms with Gasteiger partial charge in [0.15, 0.2) is 5.69 Å². The van der Waals surface area contributed by atoms with Crippen LogP contribution in [-0.4, -0.2) is 40.1 Å². The van der Waals surface area contributed by atoms with E-state index >= 15 is 0 Å². The van der Waals surface area contributed by atoms with E-state index in [1.165, 1.54) is 0 Å². The van der Waals surface area contributed by atoms with Gasteiger partial charge in [-0.1, -0.05) is 18.2 Å². The van der Waals surface area contributed by atoms with Gasteiger partial charge in [-0.25, -0.2) is 0 Å². The highest BCUT2D eigenvalue weighted by Crippen LogP contribution is 2.14. The molecule has 22 heavy (non-hydrogen) atoms. The lowest BCUT2D eigenvalue weighted by Gasteiger charge is -2.05. The van der Waals surface area contributed by atoms with Crippen LogP contribution in [0.15, 0.2) is 42.6 Å². The number of carbonyl (C=O) groups is 2. The van der Waals surface area contributed by atoms with Crippen molar-refractivity contribution < 1.29 is 9.59 Å². The molecule has 0 aliphatic carbocycles. The number of rotatable bonds is 5. The van der Waals surface area contributed by atoms with Crippen LogP contribution in [0.5, 0.6) is 0 Å². The lowest BCUT2D eigenvalue weighted by molar-refractivity contribution is 0.0924.